The summed E-state index contributed by atoms with van der Waals surface area (Å²) in [6.45, 7) is 1.33. The van der Waals surface area contributed by atoms with Crippen LogP contribution in [0.2, 0.25) is 0 Å². The second-order valence-electron chi connectivity index (χ2n) is 3.93. The molecule has 4 heteroatoms. The van der Waals surface area contributed by atoms with Crippen molar-refractivity contribution in [3.05, 3.63) is 64.6 Å². The van der Waals surface area contributed by atoms with E-state index in [1.165, 1.54) is 0 Å². The molecule has 2 rings (SSSR count). The summed E-state index contributed by atoms with van der Waals surface area (Å²) >= 11 is 0. The van der Waals surface area contributed by atoms with Gasteiger partial charge in [0, 0.05) is 19.3 Å². The van der Waals surface area contributed by atoms with Gasteiger partial charge in [0.15, 0.2) is 5.75 Å². The number of rotatable bonds is 5. The van der Waals surface area contributed by atoms with Crippen LogP contribution in [-0.4, -0.2) is 11.1 Å². The van der Waals surface area contributed by atoms with E-state index in [1.807, 2.05) is 30.3 Å². The number of hydrogen-bond donors (Lipinski definition) is 1. The molecule has 0 amide bonds. The van der Waals surface area contributed by atoms with Gasteiger partial charge in [-0.15, -0.1) is 0 Å². The zero-order chi connectivity index (χ0) is 12.8. The molecule has 0 spiro atoms. The molecule has 18 heavy (non-hydrogen) atoms. The number of hydrogen-bond acceptors (Lipinski definition) is 3. The minimum absolute atomic E-state index is 0.140. The maximum atomic E-state index is 12.0. The van der Waals surface area contributed by atoms with Crippen LogP contribution >= 0.6 is 0 Å². The molecule has 94 valence electrons. The van der Waals surface area contributed by atoms with E-state index in [2.05, 4.69) is 0 Å². The van der Waals surface area contributed by atoms with E-state index < -0.39 is 0 Å². The third-order valence-electron chi connectivity index (χ3n) is 2.59. The molecule has 2 aromatic rings. The van der Waals surface area contributed by atoms with Crippen LogP contribution in [0.4, 0.5) is 0 Å². The molecule has 0 fully saturated rings. The van der Waals surface area contributed by atoms with Crippen LogP contribution in [0.15, 0.2) is 53.5 Å². The third kappa shape index (κ3) is 2.99. The van der Waals surface area contributed by atoms with Gasteiger partial charge in [-0.25, -0.2) is 0 Å². The maximum absolute atomic E-state index is 12.0. The molecule has 0 unspecified atom stereocenters. The molecular formula is C14H16N2O2. The lowest BCUT2D eigenvalue weighted by Crippen LogP contribution is -2.24. The van der Waals surface area contributed by atoms with Gasteiger partial charge in [0.25, 0.3) is 5.56 Å². The molecular weight excluding hydrogens is 228 g/mol. The lowest BCUT2D eigenvalue weighted by atomic mass is 10.2. The van der Waals surface area contributed by atoms with Gasteiger partial charge in [-0.1, -0.05) is 30.3 Å². The Morgan fingerprint density at radius 1 is 1.11 bits per heavy atom. The summed E-state index contributed by atoms with van der Waals surface area (Å²) in [6.07, 6.45) is 1.71. The van der Waals surface area contributed by atoms with Gasteiger partial charge >= 0.3 is 0 Å². The molecule has 0 saturated carbocycles. The van der Waals surface area contributed by atoms with Gasteiger partial charge < -0.3 is 15.0 Å². The van der Waals surface area contributed by atoms with Crippen molar-refractivity contribution in [2.24, 2.45) is 5.73 Å². The number of aromatic nitrogens is 1. The molecule has 0 aliphatic rings. The van der Waals surface area contributed by atoms with Crippen LogP contribution < -0.4 is 16.0 Å². The predicted octanol–water partition coefficient (Wildman–Crippen LogP) is 1.39. The van der Waals surface area contributed by atoms with Gasteiger partial charge in [-0.05, 0) is 17.7 Å². The molecule has 0 atom stereocenters. The summed E-state index contributed by atoms with van der Waals surface area (Å²) < 4.78 is 7.09. The number of benzene rings is 1. The Kier molecular flexibility index (Phi) is 4.15. The highest BCUT2D eigenvalue weighted by Crippen LogP contribution is 2.06. The van der Waals surface area contributed by atoms with Crippen molar-refractivity contribution < 1.29 is 4.74 Å². The largest absolute Gasteiger partial charge is 0.483 e. The molecule has 0 bridgehead atoms. The molecule has 4 nitrogen and oxygen atoms in total. The van der Waals surface area contributed by atoms with Crippen LogP contribution in [0, 0.1) is 0 Å². The number of ether oxygens (including phenoxy) is 1. The summed E-state index contributed by atoms with van der Waals surface area (Å²) in [5.74, 6) is 0.356. The van der Waals surface area contributed by atoms with E-state index in [9.17, 15) is 4.79 Å². The van der Waals surface area contributed by atoms with Crippen LogP contribution in [0.25, 0.3) is 0 Å². The molecule has 1 aromatic heterocycles. The zero-order valence-electron chi connectivity index (χ0n) is 10.1. The van der Waals surface area contributed by atoms with Crippen molar-refractivity contribution in [1.29, 1.82) is 0 Å². The Balaban J connectivity index is 2.10. The lowest BCUT2D eigenvalue weighted by Gasteiger charge is -2.08. The van der Waals surface area contributed by atoms with Crippen molar-refractivity contribution >= 4 is 0 Å². The van der Waals surface area contributed by atoms with Gasteiger partial charge in [0.2, 0.25) is 0 Å². The van der Waals surface area contributed by atoms with E-state index in [4.69, 9.17) is 10.5 Å². The molecule has 0 saturated heterocycles. The first-order valence-corrected chi connectivity index (χ1v) is 5.87. The number of nitrogens with zero attached hydrogens (tertiary/aromatic N) is 1. The molecule has 0 aliphatic heterocycles. The van der Waals surface area contributed by atoms with Gasteiger partial charge in [-0.2, -0.15) is 0 Å². The fourth-order valence-corrected chi connectivity index (χ4v) is 1.68. The Labute approximate surface area is 106 Å². The first kappa shape index (κ1) is 12.4. The predicted molar refractivity (Wildman–Crippen MR) is 70.5 cm³/mol. The average molecular weight is 244 g/mol. The normalized spacial score (nSPS) is 10.3. The Hall–Kier alpha value is -2.07. The minimum atomic E-state index is -0.140. The second kappa shape index (κ2) is 6.02. The highest BCUT2D eigenvalue weighted by Gasteiger charge is 2.03. The monoisotopic (exact) mass is 244 g/mol. The van der Waals surface area contributed by atoms with Crippen LogP contribution in [0.5, 0.6) is 5.75 Å². The van der Waals surface area contributed by atoms with E-state index in [1.54, 1.807) is 22.9 Å². The second-order valence-corrected chi connectivity index (χ2v) is 3.93. The summed E-state index contributed by atoms with van der Waals surface area (Å²) in [7, 11) is 0. The highest BCUT2D eigenvalue weighted by molar-refractivity contribution is 5.19. The number of nitrogens with two attached hydrogens (primary N) is 1. The molecule has 1 heterocycles. The smallest absolute Gasteiger partial charge is 0.292 e. The molecule has 2 N–H and O–H groups in total. The zero-order valence-corrected chi connectivity index (χ0v) is 10.1. The van der Waals surface area contributed by atoms with Crippen LogP contribution in [-0.2, 0) is 13.2 Å². The third-order valence-corrected chi connectivity index (χ3v) is 2.59. The summed E-state index contributed by atoms with van der Waals surface area (Å²) in [5.41, 5.74) is 6.34. The van der Waals surface area contributed by atoms with Crippen molar-refractivity contribution in [2.45, 2.75) is 13.2 Å². The fraction of sp³-hybridized carbons (Fsp3) is 0.214. The number of pyridine rings is 1. The van der Waals surface area contributed by atoms with Crippen LogP contribution in [0.3, 0.4) is 0 Å². The highest BCUT2D eigenvalue weighted by atomic mass is 16.5. The van der Waals surface area contributed by atoms with Crippen molar-refractivity contribution in [2.75, 3.05) is 6.54 Å². The average Bonchev–Trinajstić information content (AvgIpc) is 2.41. The van der Waals surface area contributed by atoms with Gasteiger partial charge in [0.1, 0.15) is 6.61 Å². The Bertz CT molecular complexity index is 549. The summed E-state index contributed by atoms with van der Waals surface area (Å²) in [5, 5.41) is 0. The quantitative estimate of drug-likeness (QED) is 0.864. The minimum Gasteiger partial charge on any atom is -0.483 e. The van der Waals surface area contributed by atoms with Gasteiger partial charge in [-0.3, -0.25) is 4.79 Å². The van der Waals surface area contributed by atoms with Crippen molar-refractivity contribution in [1.82, 2.24) is 4.57 Å². The Morgan fingerprint density at radius 3 is 2.61 bits per heavy atom. The molecule has 0 radical (unpaired) electrons. The maximum Gasteiger partial charge on any atom is 0.292 e. The first-order valence-electron chi connectivity index (χ1n) is 5.87. The first-order chi connectivity index (χ1) is 8.81. The van der Waals surface area contributed by atoms with Crippen molar-refractivity contribution in [3.8, 4) is 5.75 Å². The van der Waals surface area contributed by atoms with E-state index in [0.29, 0.717) is 25.4 Å². The van der Waals surface area contributed by atoms with Crippen LogP contribution in [0.1, 0.15) is 5.56 Å². The topological polar surface area (TPSA) is 57.2 Å². The van der Waals surface area contributed by atoms with Gasteiger partial charge in [0.05, 0.1) is 0 Å². The molecule has 0 aliphatic carbocycles. The SMILES string of the molecule is NCCn1cccc(OCc2ccccc2)c1=O. The fourth-order valence-electron chi connectivity index (χ4n) is 1.68. The summed E-state index contributed by atoms with van der Waals surface area (Å²) in [4.78, 5) is 12.0. The Morgan fingerprint density at radius 2 is 1.89 bits per heavy atom. The molecule has 1 aromatic carbocycles. The van der Waals surface area contributed by atoms with Crippen molar-refractivity contribution in [3.63, 3.8) is 0 Å². The standard InChI is InChI=1S/C14H16N2O2/c15-8-10-16-9-4-7-13(14(16)17)18-11-12-5-2-1-3-6-12/h1-7,9H,8,10-11,15H2. The van der Waals surface area contributed by atoms with E-state index >= 15 is 0 Å². The van der Waals surface area contributed by atoms with E-state index in [-0.39, 0.29) is 5.56 Å². The summed E-state index contributed by atoms with van der Waals surface area (Å²) in [6, 6.07) is 13.2. The lowest BCUT2D eigenvalue weighted by molar-refractivity contribution is 0.299. The van der Waals surface area contributed by atoms with E-state index in [0.717, 1.165) is 5.56 Å².